The molecule has 1 aromatic rings. The molecule has 0 spiro atoms. The van der Waals surface area contributed by atoms with Gasteiger partial charge in [-0.1, -0.05) is 23.7 Å². The highest BCUT2D eigenvalue weighted by molar-refractivity contribution is 6.32. The Balaban J connectivity index is 2.52. The molecule has 1 N–H and O–H groups in total. The van der Waals surface area contributed by atoms with E-state index in [-0.39, 0.29) is 24.0 Å². The fourth-order valence-electron chi connectivity index (χ4n) is 1.14. The molecule has 0 radical (unpaired) electrons. The van der Waals surface area contributed by atoms with Gasteiger partial charge in [-0.25, -0.2) is 0 Å². The molecule has 0 aliphatic rings. The molecule has 17 heavy (non-hydrogen) atoms. The maximum absolute atomic E-state index is 11.7. The molecule has 3 nitrogen and oxygen atoms in total. The normalized spacial score (nSPS) is 11.6. The minimum Gasteiger partial charge on any atom is -0.489 e. The van der Waals surface area contributed by atoms with Gasteiger partial charge < -0.3 is 9.84 Å². The van der Waals surface area contributed by atoms with Crippen LogP contribution in [0.25, 0.3) is 0 Å². The summed E-state index contributed by atoms with van der Waals surface area (Å²) in [5.74, 6) is 0.169. The van der Waals surface area contributed by atoms with Gasteiger partial charge >= 0.3 is 6.36 Å². The Morgan fingerprint density at radius 3 is 2.53 bits per heavy atom. The molecule has 1 aromatic carbocycles. The molecule has 96 valence electrons. The van der Waals surface area contributed by atoms with E-state index in [1.165, 1.54) is 6.07 Å². The smallest absolute Gasteiger partial charge is 0.489 e. The summed E-state index contributed by atoms with van der Waals surface area (Å²) in [4.78, 5) is 0. The molecule has 0 saturated heterocycles. The second-order valence-corrected chi connectivity index (χ2v) is 3.44. The Bertz CT molecular complexity index is 368. The number of para-hydroxylation sites is 1. The number of ether oxygens (including phenoxy) is 2. The van der Waals surface area contributed by atoms with Gasteiger partial charge in [-0.05, 0) is 6.07 Å². The molecule has 0 aromatic heterocycles. The van der Waals surface area contributed by atoms with Gasteiger partial charge in [-0.2, -0.15) is 0 Å². The average molecular weight is 271 g/mol. The molecule has 0 amide bonds. The Morgan fingerprint density at radius 2 is 1.94 bits per heavy atom. The van der Waals surface area contributed by atoms with Crippen molar-refractivity contribution in [1.29, 1.82) is 0 Å². The lowest BCUT2D eigenvalue weighted by Crippen LogP contribution is -2.18. The Kier molecular flexibility index (Phi) is 5.04. The summed E-state index contributed by atoms with van der Waals surface area (Å²) in [6.45, 7) is -1.26. The Labute approximate surface area is 101 Å². The van der Waals surface area contributed by atoms with Crippen LogP contribution < -0.4 is 4.74 Å². The summed E-state index contributed by atoms with van der Waals surface area (Å²) in [7, 11) is 0. The van der Waals surface area contributed by atoms with Crippen LogP contribution in [0.2, 0.25) is 5.02 Å². The van der Waals surface area contributed by atoms with Crippen molar-refractivity contribution in [3.05, 3.63) is 28.8 Å². The number of aliphatic hydroxyl groups excluding tert-OH is 1. The van der Waals surface area contributed by atoms with E-state index in [2.05, 4.69) is 4.74 Å². The molecular weight excluding hydrogens is 261 g/mol. The Morgan fingerprint density at radius 1 is 1.24 bits per heavy atom. The predicted octanol–water partition coefficient (Wildman–Crippen LogP) is 2.75. The van der Waals surface area contributed by atoms with Crippen LogP contribution in [0, 0.1) is 0 Å². The number of benzene rings is 1. The van der Waals surface area contributed by atoms with Crippen LogP contribution in [-0.4, -0.2) is 24.7 Å². The summed E-state index contributed by atoms with van der Waals surface area (Å²) in [5.41, 5.74) is 0.407. The minimum absolute atomic E-state index is 0.169. The fourth-order valence-corrected chi connectivity index (χ4v) is 1.39. The molecular formula is C10H10ClF3O3. The maximum Gasteiger partial charge on any atom is 0.522 e. The fraction of sp³-hybridized carbons (Fsp3) is 0.400. The highest BCUT2D eigenvalue weighted by Gasteiger charge is 2.28. The van der Waals surface area contributed by atoms with Gasteiger partial charge in [-0.15, -0.1) is 13.2 Å². The zero-order valence-corrected chi connectivity index (χ0v) is 9.38. The standard InChI is InChI=1S/C10H10ClF3O3/c11-8-3-1-2-7(6-15)9(8)16-4-5-17-10(12,13)14/h1-3,15H,4-6H2. The van der Waals surface area contributed by atoms with Crippen molar-refractivity contribution in [3.8, 4) is 5.75 Å². The van der Waals surface area contributed by atoms with Crippen LogP contribution in [0.5, 0.6) is 5.75 Å². The maximum atomic E-state index is 11.7. The molecule has 0 bridgehead atoms. The third kappa shape index (κ3) is 4.80. The lowest BCUT2D eigenvalue weighted by atomic mass is 10.2. The largest absolute Gasteiger partial charge is 0.522 e. The molecule has 0 unspecified atom stereocenters. The van der Waals surface area contributed by atoms with Crippen molar-refractivity contribution in [3.63, 3.8) is 0 Å². The van der Waals surface area contributed by atoms with E-state index in [9.17, 15) is 13.2 Å². The number of rotatable bonds is 5. The number of aliphatic hydroxyl groups is 1. The lowest BCUT2D eigenvalue weighted by molar-refractivity contribution is -0.325. The van der Waals surface area contributed by atoms with Crippen molar-refractivity contribution >= 4 is 11.6 Å². The van der Waals surface area contributed by atoms with E-state index in [4.69, 9.17) is 21.4 Å². The van der Waals surface area contributed by atoms with Crippen molar-refractivity contribution in [2.45, 2.75) is 13.0 Å². The summed E-state index contributed by atoms with van der Waals surface area (Å²) < 4.78 is 43.6. The van der Waals surface area contributed by atoms with Crippen molar-refractivity contribution in [2.24, 2.45) is 0 Å². The van der Waals surface area contributed by atoms with E-state index in [0.29, 0.717) is 5.56 Å². The molecule has 0 aliphatic heterocycles. The third-order valence-electron chi connectivity index (χ3n) is 1.81. The van der Waals surface area contributed by atoms with E-state index in [1.807, 2.05) is 0 Å². The van der Waals surface area contributed by atoms with Gasteiger partial charge in [0.15, 0.2) is 0 Å². The minimum atomic E-state index is -4.68. The van der Waals surface area contributed by atoms with Crippen LogP contribution in [0.3, 0.4) is 0 Å². The van der Waals surface area contributed by atoms with Gasteiger partial charge in [0, 0.05) is 5.56 Å². The van der Waals surface area contributed by atoms with E-state index < -0.39 is 13.0 Å². The first-order valence-electron chi connectivity index (χ1n) is 4.66. The molecule has 0 atom stereocenters. The van der Waals surface area contributed by atoms with Crippen molar-refractivity contribution in [1.82, 2.24) is 0 Å². The average Bonchev–Trinajstić information content (AvgIpc) is 2.24. The zero-order valence-electron chi connectivity index (χ0n) is 8.63. The second-order valence-electron chi connectivity index (χ2n) is 3.03. The first kappa shape index (κ1) is 14.1. The highest BCUT2D eigenvalue weighted by atomic mass is 35.5. The lowest BCUT2D eigenvalue weighted by Gasteiger charge is -2.12. The summed E-state index contributed by atoms with van der Waals surface area (Å²) in [5, 5.41) is 9.20. The van der Waals surface area contributed by atoms with Crippen molar-refractivity contribution < 1.29 is 27.8 Å². The molecule has 0 aliphatic carbocycles. The van der Waals surface area contributed by atoms with Gasteiger partial charge in [0.2, 0.25) is 0 Å². The monoisotopic (exact) mass is 270 g/mol. The van der Waals surface area contributed by atoms with E-state index >= 15 is 0 Å². The Hall–Kier alpha value is -0.980. The molecule has 7 heteroatoms. The van der Waals surface area contributed by atoms with E-state index in [0.717, 1.165) is 0 Å². The van der Waals surface area contributed by atoms with Crippen LogP contribution in [0.1, 0.15) is 5.56 Å². The van der Waals surface area contributed by atoms with Crippen LogP contribution >= 0.6 is 11.6 Å². The number of hydrogen-bond donors (Lipinski definition) is 1. The predicted molar refractivity (Wildman–Crippen MR) is 54.9 cm³/mol. The van der Waals surface area contributed by atoms with Gasteiger partial charge in [-0.3, -0.25) is 4.74 Å². The van der Waals surface area contributed by atoms with Gasteiger partial charge in [0.1, 0.15) is 12.4 Å². The SMILES string of the molecule is OCc1cccc(Cl)c1OCCOC(F)(F)F. The number of alkyl halides is 3. The number of halogens is 4. The topological polar surface area (TPSA) is 38.7 Å². The molecule has 0 fully saturated rings. The summed E-state index contributed by atoms with van der Waals surface area (Å²) >= 11 is 5.78. The molecule has 0 saturated carbocycles. The summed E-state index contributed by atoms with van der Waals surface area (Å²) in [6.07, 6.45) is -4.68. The van der Waals surface area contributed by atoms with Crippen LogP contribution in [-0.2, 0) is 11.3 Å². The molecule has 1 rings (SSSR count). The zero-order chi connectivity index (χ0) is 12.9. The second kappa shape index (κ2) is 6.09. The van der Waals surface area contributed by atoms with Crippen LogP contribution in [0.4, 0.5) is 13.2 Å². The molecule has 0 heterocycles. The van der Waals surface area contributed by atoms with Gasteiger partial charge in [0.25, 0.3) is 0 Å². The number of hydrogen-bond acceptors (Lipinski definition) is 3. The highest BCUT2D eigenvalue weighted by Crippen LogP contribution is 2.28. The third-order valence-corrected chi connectivity index (χ3v) is 2.11. The first-order valence-corrected chi connectivity index (χ1v) is 5.03. The van der Waals surface area contributed by atoms with E-state index in [1.54, 1.807) is 12.1 Å². The quantitative estimate of drug-likeness (QED) is 0.836. The van der Waals surface area contributed by atoms with Crippen LogP contribution in [0.15, 0.2) is 18.2 Å². The first-order chi connectivity index (χ1) is 7.94. The van der Waals surface area contributed by atoms with Crippen molar-refractivity contribution in [2.75, 3.05) is 13.2 Å². The van der Waals surface area contributed by atoms with Gasteiger partial charge in [0.05, 0.1) is 18.2 Å². The summed E-state index contributed by atoms with van der Waals surface area (Å²) in [6, 6.07) is 4.68.